The highest BCUT2D eigenvalue weighted by Gasteiger charge is 2.10. The Morgan fingerprint density at radius 3 is 2.52 bits per heavy atom. The third-order valence-electron chi connectivity index (χ3n) is 3.13. The molecule has 3 nitrogen and oxygen atoms in total. The lowest BCUT2D eigenvalue weighted by molar-refractivity contribution is 0.102. The highest BCUT2D eigenvalue weighted by molar-refractivity contribution is 7.97. The van der Waals surface area contributed by atoms with Gasteiger partial charge in [0.2, 0.25) is 0 Å². The number of hydrogen-bond donors (Lipinski definition) is 1. The number of amides is 1. The lowest BCUT2D eigenvalue weighted by Gasteiger charge is -2.11. The third kappa shape index (κ3) is 4.02. The largest absolute Gasteiger partial charge is 0.495 e. The van der Waals surface area contributed by atoms with E-state index in [0.29, 0.717) is 17.0 Å². The number of nitrogens with one attached hydrogen (secondary N) is 1. The van der Waals surface area contributed by atoms with E-state index in [0.717, 1.165) is 11.3 Å². The van der Waals surface area contributed by atoms with Crippen LogP contribution in [0.3, 0.4) is 0 Å². The Labute approximate surface area is 129 Å². The van der Waals surface area contributed by atoms with E-state index in [9.17, 15) is 4.79 Å². The molecule has 0 fully saturated rings. The van der Waals surface area contributed by atoms with Crippen LogP contribution in [0.25, 0.3) is 0 Å². The second kappa shape index (κ2) is 7.18. The van der Waals surface area contributed by atoms with Gasteiger partial charge in [0.25, 0.3) is 5.91 Å². The molecule has 0 radical (unpaired) electrons. The van der Waals surface area contributed by atoms with Crippen molar-refractivity contribution in [2.24, 2.45) is 0 Å². The number of anilines is 1. The number of aryl methyl sites for hydroxylation is 1. The Bertz CT molecular complexity index is 623. The van der Waals surface area contributed by atoms with Crippen molar-refractivity contribution < 1.29 is 9.53 Å². The maximum absolute atomic E-state index is 12.3. The molecule has 0 aliphatic carbocycles. The van der Waals surface area contributed by atoms with Crippen molar-refractivity contribution in [3.8, 4) is 5.75 Å². The van der Waals surface area contributed by atoms with Crippen LogP contribution < -0.4 is 10.1 Å². The van der Waals surface area contributed by atoms with E-state index in [1.54, 1.807) is 18.9 Å². The molecule has 0 saturated carbocycles. The average Bonchev–Trinajstić information content (AvgIpc) is 2.48. The SMILES string of the molecule is COc1ccc(C)cc1NC(=O)c1ccc(CSC)cc1. The summed E-state index contributed by atoms with van der Waals surface area (Å²) in [7, 11) is 1.59. The van der Waals surface area contributed by atoms with Gasteiger partial charge in [-0.2, -0.15) is 11.8 Å². The number of carbonyl (C=O) groups excluding carboxylic acids is 1. The third-order valence-corrected chi connectivity index (χ3v) is 3.75. The molecule has 0 saturated heterocycles. The Morgan fingerprint density at radius 2 is 1.90 bits per heavy atom. The quantitative estimate of drug-likeness (QED) is 0.903. The molecular formula is C17H19NO2S. The van der Waals surface area contributed by atoms with E-state index < -0.39 is 0 Å². The summed E-state index contributed by atoms with van der Waals surface area (Å²) in [4.78, 5) is 12.3. The number of methoxy groups -OCH3 is 1. The Morgan fingerprint density at radius 1 is 1.19 bits per heavy atom. The van der Waals surface area contributed by atoms with Gasteiger partial charge in [0.1, 0.15) is 5.75 Å². The zero-order valence-corrected chi connectivity index (χ0v) is 13.3. The van der Waals surface area contributed by atoms with Gasteiger partial charge in [-0.15, -0.1) is 0 Å². The maximum Gasteiger partial charge on any atom is 0.255 e. The summed E-state index contributed by atoms with van der Waals surface area (Å²) < 4.78 is 5.27. The summed E-state index contributed by atoms with van der Waals surface area (Å²) in [6.07, 6.45) is 2.06. The first-order valence-corrected chi connectivity index (χ1v) is 8.07. The first-order valence-electron chi connectivity index (χ1n) is 6.68. The van der Waals surface area contributed by atoms with Crippen molar-refractivity contribution in [2.45, 2.75) is 12.7 Å². The van der Waals surface area contributed by atoms with E-state index in [-0.39, 0.29) is 5.91 Å². The Kier molecular flexibility index (Phi) is 5.28. The van der Waals surface area contributed by atoms with Crippen LogP contribution in [0.1, 0.15) is 21.5 Å². The Balaban J connectivity index is 2.15. The summed E-state index contributed by atoms with van der Waals surface area (Å²) >= 11 is 1.76. The normalized spacial score (nSPS) is 10.2. The van der Waals surface area contributed by atoms with Gasteiger partial charge in [0.05, 0.1) is 12.8 Å². The molecular weight excluding hydrogens is 282 g/mol. The Hall–Kier alpha value is -1.94. The number of carbonyl (C=O) groups is 1. The summed E-state index contributed by atoms with van der Waals surface area (Å²) in [6, 6.07) is 13.4. The van der Waals surface area contributed by atoms with Gasteiger partial charge in [-0.05, 0) is 48.6 Å². The lowest BCUT2D eigenvalue weighted by atomic mass is 10.1. The van der Waals surface area contributed by atoms with Crippen LogP contribution in [-0.2, 0) is 5.75 Å². The molecule has 2 aromatic carbocycles. The zero-order chi connectivity index (χ0) is 15.2. The fourth-order valence-corrected chi connectivity index (χ4v) is 2.56. The van der Waals surface area contributed by atoms with Crippen LogP contribution in [0.2, 0.25) is 0 Å². The molecule has 0 heterocycles. The summed E-state index contributed by atoms with van der Waals surface area (Å²) in [5.74, 6) is 1.48. The van der Waals surface area contributed by atoms with Gasteiger partial charge < -0.3 is 10.1 Å². The summed E-state index contributed by atoms with van der Waals surface area (Å²) in [6.45, 7) is 1.98. The lowest BCUT2D eigenvalue weighted by Crippen LogP contribution is -2.12. The molecule has 4 heteroatoms. The van der Waals surface area contributed by atoms with Crippen LogP contribution in [-0.4, -0.2) is 19.3 Å². The van der Waals surface area contributed by atoms with Crippen LogP contribution in [0.5, 0.6) is 5.75 Å². The van der Waals surface area contributed by atoms with Gasteiger partial charge in [-0.1, -0.05) is 18.2 Å². The highest BCUT2D eigenvalue weighted by Crippen LogP contribution is 2.25. The molecule has 21 heavy (non-hydrogen) atoms. The first kappa shape index (κ1) is 15.4. The van der Waals surface area contributed by atoms with E-state index >= 15 is 0 Å². The van der Waals surface area contributed by atoms with Crippen molar-refractivity contribution in [3.05, 3.63) is 59.2 Å². The predicted octanol–water partition coefficient (Wildman–Crippen LogP) is 4.12. The number of benzene rings is 2. The van der Waals surface area contributed by atoms with Crippen LogP contribution in [0.4, 0.5) is 5.69 Å². The van der Waals surface area contributed by atoms with Gasteiger partial charge in [0.15, 0.2) is 0 Å². The number of rotatable bonds is 5. The molecule has 0 aromatic heterocycles. The van der Waals surface area contributed by atoms with Crippen molar-refractivity contribution in [1.29, 1.82) is 0 Å². The summed E-state index contributed by atoms with van der Waals surface area (Å²) in [5, 5.41) is 2.90. The molecule has 0 aliphatic rings. The number of ether oxygens (including phenoxy) is 1. The van der Waals surface area contributed by atoms with E-state index in [1.165, 1.54) is 5.56 Å². The molecule has 1 N–H and O–H groups in total. The van der Waals surface area contributed by atoms with Gasteiger partial charge in [-0.25, -0.2) is 0 Å². The fourth-order valence-electron chi connectivity index (χ4n) is 2.03. The van der Waals surface area contributed by atoms with Crippen LogP contribution >= 0.6 is 11.8 Å². The molecule has 0 unspecified atom stereocenters. The van der Waals surface area contributed by atoms with Gasteiger partial charge >= 0.3 is 0 Å². The van der Waals surface area contributed by atoms with E-state index in [1.807, 2.05) is 49.4 Å². The standard InChI is InChI=1S/C17H19NO2S/c1-12-4-9-16(20-2)15(10-12)18-17(19)14-7-5-13(6-8-14)11-21-3/h4-10H,11H2,1-3H3,(H,18,19). The topological polar surface area (TPSA) is 38.3 Å². The molecule has 2 rings (SSSR count). The van der Waals surface area contributed by atoms with Crippen molar-refractivity contribution in [1.82, 2.24) is 0 Å². The molecule has 2 aromatic rings. The minimum absolute atomic E-state index is 0.130. The van der Waals surface area contributed by atoms with Crippen molar-refractivity contribution in [3.63, 3.8) is 0 Å². The molecule has 0 atom stereocenters. The second-order valence-electron chi connectivity index (χ2n) is 4.79. The monoisotopic (exact) mass is 301 g/mol. The first-order chi connectivity index (χ1) is 10.1. The number of hydrogen-bond acceptors (Lipinski definition) is 3. The van der Waals surface area contributed by atoms with Crippen molar-refractivity contribution >= 4 is 23.4 Å². The fraction of sp³-hybridized carbons (Fsp3) is 0.235. The average molecular weight is 301 g/mol. The molecule has 0 spiro atoms. The summed E-state index contributed by atoms with van der Waals surface area (Å²) in [5.41, 5.74) is 3.62. The highest BCUT2D eigenvalue weighted by atomic mass is 32.2. The second-order valence-corrected chi connectivity index (χ2v) is 5.65. The minimum atomic E-state index is -0.130. The minimum Gasteiger partial charge on any atom is -0.495 e. The maximum atomic E-state index is 12.3. The van der Waals surface area contributed by atoms with Crippen molar-refractivity contribution in [2.75, 3.05) is 18.7 Å². The molecule has 1 amide bonds. The van der Waals surface area contributed by atoms with Crippen LogP contribution in [0, 0.1) is 6.92 Å². The molecule has 110 valence electrons. The van der Waals surface area contributed by atoms with E-state index in [2.05, 4.69) is 11.6 Å². The zero-order valence-electron chi connectivity index (χ0n) is 12.5. The smallest absolute Gasteiger partial charge is 0.255 e. The molecule has 0 aliphatic heterocycles. The molecule has 0 bridgehead atoms. The predicted molar refractivity (Wildman–Crippen MR) is 89.3 cm³/mol. The van der Waals surface area contributed by atoms with Crippen LogP contribution in [0.15, 0.2) is 42.5 Å². The van der Waals surface area contributed by atoms with Gasteiger partial charge in [0, 0.05) is 11.3 Å². The number of thioether (sulfide) groups is 1. The van der Waals surface area contributed by atoms with E-state index in [4.69, 9.17) is 4.74 Å². The van der Waals surface area contributed by atoms with Gasteiger partial charge in [-0.3, -0.25) is 4.79 Å².